The average molecular weight is 444 g/mol. The molecule has 168 valence electrons. The first-order chi connectivity index (χ1) is 16.1. The van der Waals surface area contributed by atoms with E-state index in [4.69, 9.17) is 9.47 Å². The number of benzene rings is 2. The number of ketones is 1. The number of amides is 1. The minimum absolute atomic E-state index is 0.0833. The van der Waals surface area contributed by atoms with Crippen LogP contribution in [0, 0.1) is 0 Å². The van der Waals surface area contributed by atoms with Gasteiger partial charge in [-0.2, -0.15) is 5.10 Å². The fourth-order valence-electron chi connectivity index (χ4n) is 4.48. The van der Waals surface area contributed by atoms with Crippen molar-refractivity contribution in [2.24, 2.45) is 0 Å². The SMILES string of the molecule is COc1ccc([C@@H]2C3=C(CCCC3=O)Nc3c(C(=O)Nc4ccccc4)cnn32)cc1OC. The number of carbonyl (C=O) groups is 2. The number of aromatic nitrogens is 2. The number of para-hydroxylation sites is 1. The molecule has 5 rings (SSSR count). The van der Waals surface area contributed by atoms with Crippen LogP contribution in [0.4, 0.5) is 11.5 Å². The Morgan fingerprint density at radius 2 is 1.88 bits per heavy atom. The summed E-state index contributed by atoms with van der Waals surface area (Å²) in [5, 5.41) is 10.8. The van der Waals surface area contributed by atoms with Crippen molar-refractivity contribution in [1.29, 1.82) is 0 Å². The van der Waals surface area contributed by atoms with E-state index >= 15 is 0 Å². The molecule has 0 spiro atoms. The zero-order chi connectivity index (χ0) is 22.9. The van der Waals surface area contributed by atoms with Crippen molar-refractivity contribution in [3.63, 3.8) is 0 Å². The molecule has 2 aromatic carbocycles. The van der Waals surface area contributed by atoms with Crippen LogP contribution in [-0.2, 0) is 4.79 Å². The van der Waals surface area contributed by atoms with Crippen LogP contribution in [0.2, 0.25) is 0 Å². The van der Waals surface area contributed by atoms with Gasteiger partial charge in [-0.1, -0.05) is 24.3 Å². The van der Waals surface area contributed by atoms with E-state index in [9.17, 15) is 9.59 Å². The lowest BCUT2D eigenvalue weighted by Gasteiger charge is -2.33. The van der Waals surface area contributed by atoms with Crippen molar-refractivity contribution in [1.82, 2.24) is 9.78 Å². The van der Waals surface area contributed by atoms with Gasteiger partial charge in [0.2, 0.25) is 0 Å². The summed E-state index contributed by atoms with van der Waals surface area (Å²) < 4.78 is 12.6. The van der Waals surface area contributed by atoms with Crippen molar-refractivity contribution in [2.75, 3.05) is 24.9 Å². The highest BCUT2D eigenvalue weighted by Crippen LogP contribution is 2.43. The van der Waals surface area contributed by atoms with Gasteiger partial charge in [0.25, 0.3) is 5.91 Å². The minimum atomic E-state index is -0.470. The third-order valence-electron chi connectivity index (χ3n) is 6.04. The highest BCUT2D eigenvalue weighted by molar-refractivity contribution is 6.08. The van der Waals surface area contributed by atoms with Crippen LogP contribution in [0.1, 0.15) is 41.2 Å². The van der Waals surface area contributed by atoms with E-state index in [0.29, 0.717) is 40.6 Å². The molecule has 1 aliphatic heterocycles. The number of fused-ring (bicyclic) bond motifs is 1. The van der Waals surface area contributed by atoms with Crippen LogP contribution in [0.3, 0.4) is 0 Å². The second-order valence-corrected chi connectivity index (χ2v) is 7.98. The van der Waals surface area contributed by atoms with Crippen molar-refractivity contribution < 1.29 is 19.1 Å². The third kappa shape index (κ3) is 3.63. The predicted octanol–water partition coefficient (Wildman–Crippen LogP) is 4.17. The molecule has 1 atom stereocenters. The molecule has 8 nitrogen and oxygen atoms in total. The van der Waals surface area contributed by atoms with Gasteiger partial charge < -0.3 is 20.1 Å². The number of nitrogens with zero attached hydrogens (tertiary/aromatic N) is 2. The van der Waals surface area contributed by atoms with Crippen molar-refractivity contribution in [2.45, 2.75) is 25.3 Å². The fraction of sp³-hybridized carbons (Fsp3) is 0.240. The molecule has 2 aliphatic rings. The lowest BCUT2D eigenvalue weighted by atomic mass is 9.85. The number of methoxy groups -OCH3 is 2. The maximum Gasteiger partial charge on any atom is 0.261 e. The molecule has 0 saturated heterocycles. The van der Waals surface area contributed by atoms with Gasteiger partial charge in [0.1, 0.15) is 17.4 Å². The molecule has 0 radical (unpaired) electrons. The monoisotopic (exact) mass is 444 g/mol. The molecule has 1 amide bonds. The molecular weight excluding hydrogens is 420 g/mol. The highest BCUT2D eigenvalue weighted by Gasteiger charge is 2.37. The number of ether oxygens (including phenoxy) is 2. The van der Waals surface area contributed by atoms with E-state index in [1.807, 2.05) is 48.5 Å². The molecule has 0 unspecified atom stereocenters. The summed E-state index contributed by atoms with van der Waals surface area (Å²) in [6, 6.07) is 14.4. The van der Waals surface area contributed by atoms with Gasteiger partial charge >= 0.3 is 0 Å². The first-order valence-electron chi connectivity index (χ1n) is 10.8. The summed E-state index contributed by atoms with van der Waals surface area (Å²) in [7, 11) is 3.16. The highest BCUT2D eigenvalue weighted by atomic mass is 16.5. The molecule has 1 aromatic heterocycles. The molecule has 8 heteroatoms. The molecule has 0 saturated carbocycles. The van der Waals surface area contributed by atoms with Crippen molar-refractivity contribution in [3.8, 4) is 11.5 Å². The first kappa shape index (κ1) is 20.8. The number of hydrogen-bond acceptors (Lipinski definition) is 6. The Morgan fingerprint density at radius 1 is 1.09 bits per heavy atom. The summed E-state index contributed by atoms with van der Waals surface area (Å²) >= 11 is 0. The second-order valence-electron chi connectivity index (χ2n) is 7.98. The molecule has 0 fully saturated rings. The summed E-state index contributed by atoms with van der Waals surface area (Å²) in [6.07, 6.45) is 3.53. The molecule has 33 heavy (non-hydrogen) atoms. The summed E-state index contributed by atoms with van der Waals surface area (Å²) in [5.74, 6) is 1.54. The van der Waals surface area contributed by atoms with Gasteiger partial charge in [-0.15, -0.1) is 0 Å². The van der Waals surface area contributed by atoms with Crippen LogP contribution in [-0.4, -0.2) is 35.7 Å². The smallest absolute Gasteiger partial charge is 0.261 e. The average Bonchev–Trinajstić information content (AvgIpc) is 3.27. The number of nitrogens with one attached hydrogen (secondary N) is 2. The number of Topliss-reactive ketones (excluding diaryl/α,β-unsaturated/α-hetero) is 1. The van der Waals surface area contributed by atoms with E-state index in [1.54, 1.807) is 18.9 Å². The molecule has 0 bridgehead atoms. The summed E-state index contributed by atoms with van der Waals surface area (Å²) in [6.45, 7) is 0. The lowest BCUT2D eigenvalue weighted by molar-refractivity contribution is -0.116. The van der Waals surface area contributed by atoms with Crippen molar-refractivity contribution in [3.05, 3.63) is 77.1 Å². The zero-order valence-electron chi connectivity index (χ0n) is 18.4. The normalized spacial score (nSPS) is 17.0. The Kier molecular flexibility index (Phi) is 5.34. The molecule has 1 aliphatic carbocycles. The largest absolute Gasteiger partial charge is 0.493 e. The molecule has 2 heterocycles. The summed E-state index contributed by atoms with van der Waals surface area (Å²) in [4.78, 5) is 26.1. The number of hydrogen-bond donors (Lipinski definition) is 2. The number of anilines is 2. The number of allylic oxidation sites excluding steroid dienone is 2. The van der Waals surface area contributed by atoms with Crippen LogP contribution in [0.25, 0.3) is 0 Å². The van der Waals surface area contributed by atoms with Crippen molar-refractivity contribution >= 4 is 23.2 Å². The van der Waals surface area contributed by atoms with E-state index in [-0.39, 0.29) is 11.7 Å². The van der Waals surface area contributed by atoms with E-state index < -0.39 is 6.04 Å². The minimum Gasteiger partial charge on any atom is -0.493 e. The maximum atomic E-state index is 13.1. The van der Waals surface area contributed by atoms with Gasteiger partial charge in [-0.3, -0.25) is 9.59 Å². The van der Waals surface area contributed by atoms with E-state index in [2.05, 4.69) is 15.7 Å². The molecule has 2 N–H and O–H groups in total. The van der Waals surface area contributed by atoms with Crippen LogP contribution >= 0.6 is 0 Å². The Hall–Kier alpha value is -4.07. The molecular formula is C25H24N4O4. The number of rotatable bonds is 5. The van der Waals surface area contributed by atoms with E-state index in [1.165, 1.54) is 6.20 Å². The van der Waals surface area contributed by atoms with Gasteiger partial charge in [0.15, 0.2) is 17.3 Å². The Balaban J connectivity index is 1.60. The maximum absolute atomic E-state index is 13.1. The Morgan fingerprint density at radius 3 is 2.64 bits per heavy atom. The zero-order valence-corrected chi connectivity index (χ0v) is 18.4. The standard InChI is InChI=1S/C25H24N4O4/c1-32-20-12-11-15(13-21(20)33-2)23-22-18(9-6-10-19(22)30)28-24-17(14-26-29(23)24)25(31)27-16-7-4-3-5-8-16/h3-5,7-8,11-14,23,28H,6,9-10H2,1-2H3,(H,27,31)/t23-/m1/s1. The second kappa shape index (κ2) is 8.46. The van der Waals surface area contributed by atoms with Crippen LogP contribution < -0.4 is 20.1 Å². The quantitative estimate of drug-likeness (QED) is 0.613. The number of carbonyl (C=O) groups excluding carboxylic acids is 2. The topological polar surface area (TPSA) is 94.5 Å². The first-order valence-corrected chi connectivity index (χ1v) is 10.8. The van der Waals surface area contributed by atoms with Gasteiger partial charge in [0, 0.05) is 23.4 Å². The fourth-order valence-corrected chi connectivity index (χ4v) is 4.48. The Labute approximate surface area is 191 Å². The van der Waals surface area contributed by atoms with Gasteiger partial charge in [0.05, 0.1) is 20.4 Å². The summed E-state index contributed by atoms with van der Waals surface area (Å²) in [5.41, 5.74) is 3.46. The van der Waals surface area contributed by atoms with Crippen LogP contribution in [0.15, 0.2) is 66.0 Å². The Bertz CT molecular complexity index is 1260. The van der Waals surface area contributed by atoms with Gasteiger partial charge in [-0.05, 0) is 42.7 Å². The lowest BCUT2D eigenvalue weighted by Crippen LogP contribution is -2.32. The molecule has 3 aromatic rings. The third-order valence-corrected chi connectivity index (χ3v) is 6.04. The van der Waals surface area contributed by atoms with Crippen LogP contribution in [0.5, 0.6) is 11.5 Å². The van der Waals surface area contributed by atoms with E-state index in [0.717, 1.165) is 24.1 Å². The van der Waals surface area contributed by atoms with Gasteiger partial charge in [-0.25, -0.2) is 4.68 Å². The predicted molar refractivity (Wildman–Crippen MR) is 124 cm³/mol.